The van der Waals surface area contributed by atoms with Gasteiger partial charge in [0.2, 0.25) is 0 Å². The molecule has 0 aromatic heterocycles. The Labute approximate surface area is 118 Å². The van der Waals surface area contributed by atoms with Crippen LogP contribution in [0.5, 0.6) is 0 Å². The summed E-state index contributed by atoms with van der Waals surface area (Å²) in [4.78, 5) is 12.6. The molecule has 1 aromatic carbocycles. The molecule has 0 aliphatic carbocycles. The molecule has 19 heavy (non-hydrogen) atoms. The quantitative estimate of drug-likeness (QED) is 0.611. The minimum Gasteiger partial charge on any atom is -0.478 e. The molecule has 4 heteroatoms. The van der Waals surface area contributed by atoms with Crippen molar-refractivity contribution in [1.82, 2.24) is 0 Å². The van der Waals surface area contributed by atoms with Gasteiger partial charge >= 0.3 is 5.97 Å². The number of hydrogen-bond donors (Lipinski definition) is 1. The Bertz CT molecular complexity index is 499. The summed E-state index contributed by atoms with van der Waals surface area (Å²) in [5.41, 5.74) is 1.53. The van der Waals surface area contributed by atoms with Crippen molar-refractivity contribution in [2.45, 2.75) is 0 Å². The van der Waals surface area contributed by atoms with Gasteiger partial charge in [0.1, 0.15) is 0 Å². The van der Waals surface area contributed by atoms with E-state index in [1.165, 1.54) is 6.08 Å². The molecule has 1 rings (SSSR count). The van der Waals surface area contributed by atoms with Gasteiger partial charge in [-0.05, 0) is 18.2 Å². The second-order valence-electron chi connectivity index (χ2n) is 3.83. The number of rotatable bonds is 7. The molecule has 0 radical (unpaired) electrons. The topological polar surface area (TPSA) is 40.5 Å². The Kier molecular flexibility index (Phi) is 5.90. The van der Waals surface area contributed by atoms with Crippen LogP contribution in [0.4, 0.5) is 5.69 Å². The highest BCUT2D eigenvalue weighted by molar-refractivity contribution is 6.32. The van der Waals surface area contributed by atoms with Crippen LogP contribution in [0.15, 0.2) is 49.6 Å². The van der Waals surface area contributed by atoms with E-state index in [2.05, 4.69) is 13.2 Å². The molecule has 0 fully saturated rings. The smallest absolute Gasteiger partial charge is 0.328 e. The number of anilines is 1. The van der Waals surface area contributed by atoms with Gasteiger partial charge in [0.25, 0.3) is 0 Å². The van der Waals surface area contributed by atoms with Gasteiger partial charge in [0.05, 0.1) is 0 Å². The minimum atomic E-state index is -1.01. The summed E-state index contributed by atoms with van der Waals surface area (Å²) < 4.78 is 0. The predicted molar refractivity (Wildman–Crippen MR) is 80.7 cm³/mol. The largest absolute Gasteiger partial charge is 0.478 e. The number of carboxylic acid groups (broad SMARTS) is 1. The summed E-state index contributed by atoms with van der Waals surface area (Å²) in [6, 6.07) is 5.45. The average Bonchev–Trinajstić information content (AvgIpc) is 2.36. The lowest BCUT2D eigenvalue weighted by atomic mass is 10.1. The van der Waals surface area contributed by atoms with E-state index < -0.39 is 5.97 Å². The van der Waals surface area contributed by atoms with Crippen molar-refractivity contribution in [2.75, 3.05) is 18.0 Å². The van der Waals surface area contributed by atoms with Crippen molar-refractivity contribution < 1.29 is 9.90 Å². The van der Waals surface area contributed by atoms with Crippen molar-refractivity contribution in [2.24, 2.45) is 0 Å². The Morgan fingerprint density at radius 2 is 1.95 bits per heavy atom. The van der Waals surface area contributed by atoms with Crippen LogP contribution in [0, 0.1) is 0 Å². The maximum atomic E-state index is 10.6. The molecule has 100 valence electrons. The maximum absolute atomic E-state index is 10.6. The molecule has 1 N–H and O–H groups in total. The number of benzene rings is 1. The molecule has 0 unspecified atom stereocenters. The van der Waals surface area contributed by atoms with E-state index in [1.807, 2.05) is 17.0 Å². The van der Waals surface area contributed by atoms with Crippen LogP contribution in [0.1, 0.15) is 5.56 Å². The van der Waals surface area contributed by atoms with Crippen LogP contribution in [-0.2, 0) is 4.79 Å². The lowest BCUT2D eigenvalue weighted by Crippen LogP contribution is -2.23. The van der Waals surface area contributed by atoms with E-state index in [4.69, 9.17) is 16.7 Å². The van der Waals surface area contributed by atoms with Crippen molar-refractivity contribution in [3.05, 3.63) is 60.2 Å². The molecule has 0 heterocycles. The normalized spacial score (nSPS) is 10.4. The van der Waals surface area contributed by atoms with E-state index >= 15 is 0 Å². The lowest BCUT2D eigenvalue weighted by molar-refractivity contribution is -0.131. The Morgan fingerprint density at radius 3 is 2.47 bits per heavy atom. The standard InChI is InChI=1S/C15H16ClNO2/c1-3-10-17(11-4-2)14-7-5-6-13(16)12(14)8-9-15(18)19/h3-9H,1-2,10-11H2,(H,18,19)/b9-8+. The number of halogens is 1. The molecule has 0 amide bonds. The summed E-state index contributed by atoms with van der Waals surface area (Å²) in [7, 11) is 0. The Balaban J connectivity index is 3.23. The molecular weight excluding hydrogens is 262 g/mol. The Hall–Kier alpha value is -2.00. The average molecular weight is 278 g/mol. The van der Waals surface area contributed by atoms with Gasteiger partial charge in [-0.1, -0.05) is 29.8 Å². The van der Waals surface area contributed by atoms with Gasteiger partial charge in [-0.15, -0.1) is 13.2 Å². The van der Waals surface area contributed by atoms with E-state index in [0.717, 1.165) is 11.8 Å². The van der Waals surface area contributed by atoms with Crippen molar-refractivity contribution >= 4 is 29.3 Å². The highest BCUT2D eigenvalue weighted by Gasteiger charge is 2.10. The SMILES string of the molecule is C=CCN(CC=C)c1cccc(Cl)c1/C=C/C(=O)O. The molecule has 0 saturated heterocycles. The third kappa shape index (κ3) is 4.30. The molecule has 0 bridgehead atoms. The minimum absolute atomic E-state index is 0.508. The molecule has 3 nitrogen and oxygen atoms in total. The number of aliphatic carboxylic acids is 1. The number of carbonyl (C=O) groups is 1. The van der Waals surface area contributed by atoms with Crippen LogP contribution in [0.25, 0.3) is 6.08 Å². The molecule has 1 aromatic rings. The number of nitrogens with zero attached hydrogens (tertiary/aromatic N) is 1. The van der Waals surface area contributed by atoms with Gasteiger partial charge in [-0.25, -0.2) is 4.79 Å². The molecule has 0 spiro atoms. The number of carboxylic acids is 1. The first kappa shape index (κ1) is 15.1. The molecular formula is C15H16ClNO2. The van der Waals surface area contributed by atoms with E-state index in [-0.39, 0.29) is 0 Å². The van der Waals surface area contributed by atoms with Crippen molar-refractivity contribution in [1.29, 1.82) is 0 Å². The summed E-state index contributed by atoms with van der Waals surface area (Å²) >= 11 is 6.13. The van der Waals surface area contributed by atoms with Gasteiger partial charge in [0, 0.05) is 35.4 Å². The molecule has 0 aliphatic heterocycles. The zero-order valence-corrected chi connectivity index (χ0v) is 11.3. The first-order valence-corrected chi connectivity index (χ1v) is 6.14. The monoisotopic (exact) mass is 277 g/mol. The number of hydrogen-bond acceptors (Lipinski definition) is 2. The third-order valence-electron chi connectivity index (χ3n) is 2.46. The van der Waals surface area contributed by atoms with E-state index in [9.17, 15) is 4.79 Å². The highest BCUT2D eigenvalue weighted by atomic mass is 35.5. The Morgan fingerprint density at radius 1 is 1.32 bits per heavy atom. The zero-order chi connectivity index (χ0) is 14.3. The van der Waals surface area contributed by atoms with Gasteiger partial charge in [-0.2, -0.15) is 0 Å². The van der Waals surface area contributed by atoms with Crippen LogP contribution in [-0.4, -0.2) is 24.2 Å². The molecule has 0 saturated carbocycles. The van der Waals surface area contributed by atoms with Gasteiger partial charge in [0.15, 0.2) is 0 Å². The van der Waals surface area contributed by atoms with Crippen LogP contribution in [0.3, 0.4) is 0 Å². The predicted octanol–water partition coefficient (Wildman–Crippen LogP) is 3.62. The fourth-order valence-electron chi connectivity index (χ4n) is 1.70. The third-order valence-corrected chi connectivity index (χ3v) is 2.79. The van der Waals surface area contributed by atoms with Crippen LogP contribution >= 0.6 is 11.6 Å². The van der Waals surface area contributed by atoms with E-state index in [0.29, 0.717) is 23.7 Å². The second-order valence-corrected chi connectivity index (χ2v) is 4.23. The molecule has 0 aliphatic rings. The van der Waals surface area contributed by atoms with Crippen molar-refractivity contribution in [3.8, 4) is 0 Å². The van der Waals surface area contributed by atoms with E-state index in [1.54, 1.807) is 18.2 Å². The first-order chi connectivity index (χ1) is 9.10. The highest BCUT2D eigenvalue weighted by Crippen LogP contribution is 2.29. The first-order valence-electron chi connectivity index (χ1n) is 5.76. The van der Waals surface area contributed by atoms with Crippen LogP contribution < -0.4 is 4.90 Å². The zero-order valence-electron chi connectivity index (χ0n) is 10.6. The fourth-order valence-corrected chi connectivity index (χ4v) is 1.94. The van der Waals surface area contributed by atoms with Crippen molar-refractivity contribution in [3.63, 3.8) is 0 Å². The maximum Gasteiger partial charge on any atom is 0.328 e. The van der Waals surface area contributed by atoms with Gasteiger partial charge < -0.3 is 10.0 Å². The van der Waals surface area contributed by atoms with Crippen LogP contribution in [0.2, 0.25) is 5.02 Å². The summed E-state index contributed by atoms with van der Waals surface area (Å²) in [5.74, 6) is -1.01. The fraction of sp³-hybridized carbons (Fsp3) is 0.133. The summed E-state index contributed by atoms with van der Waals surface area (Å²) in [6.45, 7) is 8.68. The summed E-state index contributed by atoms with van der Waals surface area (Å²) in [5, 5.41) is 9.23. The second kappa shape index (κ2) is 7.44. The molecule has 0 atom stereocenters. The lowest BCUT2D eigenvalue weighted by Gasteiger charge is -2.24. The van der Waals surface area contributed by atoms with Gasteiger partial charge in [-0.3, -0.25) is 0 Å². The summed E-state index contributed by atoms with van der Waals surface area (Å²) in [6.07, 6.45) is 6.12.